The van der Waals surface area contributed by atoms with Crippen LogP contribution in [-0.2, 0) is 10.0 Å². The molecule has 0 N–H and O–H groups in total. The van der Waals surface area contributed by atoms with Gasteiger partial charge in [-0.1, -0.05) is 78.0 Å². The van der Waals surface area contributed by atoms with E-state index in [1.54, 1.807) is 12.1 Å². The molecule has 35 heavy (non-hydrogen) atoms. The molecular formula is C26H19ClN4O2S2. The highest BCUT2D eigenvalue weighted by Crippen LogP contribution is 2.42. The van der Waals surface area contributed by atoms with E-state index in [0.717, 1.165) is 27.7 Å². The zero-order valence-electron chi connectivity index (χ0n) is 18.4. The number of hydrogen-bond acceptors (Lipinski definition) is 5. The largest absolute Gasteiger partial charge is 0.270 e. The Hall–Kier alpha value is -3.33. The summed E-state index contributed by atoms with van der Waals surface area (Å²) in [4.78, 5) is 0.367. The molecule has 0 fully saturated rings. The Morgan fingerprint density at radius 3 is 2.34 bits per heavy atom. The van der Waals surface area contributed by atoms with Crippen LogP contribution in [0.2, 0.25) is 5.02 Å². The van der Waals surface area contributed by atoms with Crippen LogP contribution >= 0.6 is 23.4 Å². The first kappa shape index (κ1) is 22.2. The van der Waals surface area contributed by atoms with Crippen LogP contribution < -0.4 is 4.31 Å². The SMILES string of the molecule is O=S1(=O)c2cccc3cccc(c23)N1CCSc1nnc(-c2ccccc2)n1-c1ccc(Cl)cc1. The van der Waals surface area contributed by atoms with E-state index < -0.39 is 10.0 Å². The minimum atomic E-state index is -3.60. The van der Waals surface area contributed by atoms with Crippen LogP contribution in [0.5, 0.6) is 0 Å². The summed E-state index contributed by atoms with van der Waals surface area (Å²) in [6, 6.07) is 28.4. The van der Waals surface area contributed by atoms with Gasteiger partial charge in [0.1, 0.15) is 0 Å². The maximum absolute atomic E-state index is 13.3. The first-order chi connectivity index (χ1) is 17.0. The number of hydrogen-bond donors (Lipinski definition) is 0. The molecular weight excluding hydrogens is 500 g/mol. The highest BCUT2D eigenvalue weighted by atomic mass is 35.5. The molecule has 0 unspecified atom stereocenters. The summed E-state index contributed by atoms with van der Waals surface area (Å²) < 4.78 is 30.1. The van der Waals surface area contributed by atoms with Gasteiger partial charge in [-0.25, -0.2) is 8.42 Å². The molecule has 6 rings (SSSR count). The van der Waals surface area contributed by atoms with Crippen molar-refractivity contribution in [2.75, 3.05) is 16.6 Å². The Morgan fingerprint density at radius 2 is 1.57 bits per heavy atom. The van der Waals surface area contributed by atoms with Gasteiger partial charge in [0.2, 0.25) is 0 Å². The van der Waals surface area contributed by atoms with Crippen LogP contribution in [0.3, 0.4) is 0 Å². The minimum Gasteiger partial charge on any atom is -0.270 e. The number of sulfonamides is 1. The molecule has 1 aromatic heterocycles. The van der Waals surface area contributed by atoms with Crippen LogP contribution in [-0.4, -0.2) is 35.5 Å². The Labute approximate surface area is 212 Å². The molecule has 0 saturated carbocycles. The summed E-state index contributed by atoms with van der Waals surface area (Å²) in [5.41, 5.74) is 2.54. The monoisotopic (exact) mass is 518 g/mol. The predicted octanol–water partition coefficient (Wildman–Crippen LogP) is 6.04. The summed E-state index contributed by atoms with van der Waals surface area (Å²) >= 11 is 7.58. The number of halogens is 1. The molecule has 4 aromatic carbocycles. The third-order valence-electron chi connectivity index (χ3n) is 5.96. The fourth-order valence-corrected chi connectivity index (χ4v) is 7.21. The Balaban J connectivity index is 1.32. The maximum Gasteiger partial charge on any atom is 0.265 e. The van der Waals surface area contributed by atoms with Gasteiger partial charge in [-0.2, -0.15) is 0 Å². The molecule has 5 aromatic rings. The molecule has 174 valence electrons. The van der Waals surface area contributed by atoms with Gasteiger partial charge < -0.3 is 0 Å². The number of benzene rings is 4. The standard InChI is InChI=1S/C26H19ClN4O2S2/c27-20-12-14-21(15-13-20)31-25(19-6-2-1-3-7-19)28-29-26(31)34-17-16-30-22-10-4-8-18-9-5-11-23(24(18)22)35(30,32)33/h1-15H,16-17H2. The lowest BCUT2D eigenvalue weighted by molar-refractivity contribution is 0.595. The van der Waals surface area contributed by atoms with E-state index in [1.807, 2.05) is 83.4 Å². The van der Waals surface area contributed by atoms with E-state index in [1.165, 1.54) is 16.1 Å². The van der Waals surface area contributed by atoms with Crippen molar-refractivity contribution in [2.24, 2.45) is 0 Å². The second-order valence-corrected chi connectivity index (χ2v) is 11.4. The molecule has 2 heterocycles. The van der Waals surface area contributed by atoms with E-state index >= 15 is 0 Å². The molecule has 6 nitrogen and oxygen atoms in total. The van der Waals surface area contributed by atoms with Gasteiger partial charge >= 0.3 is 0 Å². The van der Waals surface area contributed by atoms with E-state index in [-0.39, 0.29) is 0 Å². The van der Waals surface area contributed by atoms with Gasteiger partial charge in [0.15, 0.2) is 11.0 Å². The van der Waals surface area contributed by atoms with Crippen LogP contribution in [0.15, 0.2) is 101 Å². The first-order valence-electron chi connectivity index (χ1n) is 11.0. The van der Waals surface area contributed by atoms with Gasteiger partial charge in [0.05, 0.1) is 10.6 Å². The molecule has 0 saturated heterocycles. The summed E-state index contributed by atoms with van der Waals surface area (Å²) in [7, 11) is -3.60. The van der Waals surface area contributed by atoms with E-state index in [9.17, 15) is 8.42 Å². The van der Waals surface area contributed by atoms with Crippen molar-refractivity contribution >= 4 is 49.8 Å². The molecule has 0 radical (unpaired) electrons. The van der Waals surface area contributed by atoms with Crippen molar-refractivity contribution in [3.8, 4) is 17.1 Å². The van der Waals surface area contributed by atoms with E-state index in [0.29, 0.717) is 33.2 Å². The molecule has 0 atom stereocenters. The highest BCUT2D eigenvalue weighted by molar-refractivity contribution is 7.99. The Kier molecular flexibility index (Phi) is 5.51. The van der Waals surface area contributed by atoms with Crippen molar-refractivity contribution in [1.29, 1.82) is 0 Å². The fourth-order valence-electron chi connectivity index (χ4n) is 4.38. The van der Waals surface area contributed by atoms with Gasteiger partial charge in [-0.3, -0.25) is 8.87 Å². The molecule has 0 amide bonds. The zero-order chi connectivity index (χ0) is 24.0. The molecule has 0 spiro atoms. The zero-order valence-corrected chi connectivity index (χ0v) is 20.8. The third-order valence-corrected chi connectivity index (χ3v) is 8.97. The second-order valence-electron chi connectivity index (χ2n) is 8.04. The lowest BCUT2D eigenvalue weighted by Crippen LogP contribution is -2.29. The summed E-state index contributed by atoms with van der Waals surface area (Å²) in [6.07, 6.45) is 0. The number of thioether (sulfide) groups is 1. The average molecular weight is 519 g/mol. The van der Waals surface area contributed by atoms with Crippen molar-refractivity contribution in [1.82, 2.24) is 14.8 Å². The summed E-state index contributed by atoms with van der Waals surface area (Å²) in [5, 5.41) is 11.9. The molecule has 0 aliphatic carbocycles. The number of anilines is 1. The average Bonchev–Trinajstić information content (AvgIpc) is 3.39. The summed E-state index contributed by atoms with van der Waals surface area (Å²) in [5.74, 6) is 1.21. The fraction of sp³-hybridized carbons (Fsp3) is 0.0769. The smallest absolute Gasteiger partial charge is 0.265 e. The van der Waals surface area contributed by atoms with Crippen LogP contribution in [0.4, 0.5) is 5.69 Å². The quantitative estimate of drug-likeness (QED) is 0.256. The third kappa shape index (κ3) is 3.78. The van der Waals surface area contributed by atoms with E-state index in [4.69, 9.17) is 11.6 Å². The normalized spacial score (nSPS) is 14.0. The molecule has 1 aliphatic heterocycles. The van der Waals surface area contributed by atoms with Crippen molar-refractivity contribution in [2.45, 2.75) is 10.1 Å². The molecule has 9 heteroatoms. The van der Waals surface area contributed by atoms with Crippen LogP contribution in [0, 0.1) is 0 Å². The maximum atomic E-state index is 13.3. The Bertz CT molecular complexity index is 1650. The Morgan fingerprint density at radius 1 is 0.829 bits per heavy atom. The van der Waals surface area contributed by atoms with Gasteiger partial charge in [-0.15, -0.1) is 10.2 Å². The van der Waals surface area contributed by atoms with Crippen LogP contribution in [0.25, 0.3) is 27.8 Å². The number of nitrogens with zero attached hydrogens (tertiary/aromatic N) is 4. The van der Waals surface area contributed by atoms with Crippen molar-refractivity contribution in [3.63, 3.8) is 0 Å². The van der Waals surface area contributed by atoms with Crippen molar-refractivity contribution < 1.29 is 8.42 Å². The summed E-state index contributed by atoms with van der Waals surface area (Å²) in [6.45, 7) is 0.314. The van der Waals surface area contributed by atoms with E-state index in [2.05, 4.69) is 10.2 Å². The topological polar surface area (TPSA) is 68.1 Å². The predicted molar refractivity (Wildman–Crippen MR) is 141 cm³/mol. The number of rotatable bonds is 6. The molecule has 0 bridgehead atoms. The lowest BCUT2D eigenvalue weighted by Gasteiger charge is -2.18. The van der Waals surface area contributed by atoms with Gasteiger partial charge in [0, 0.05) is 34.0 Å². The van der Waals surface area contributed by atoms with Gasteiger partial charge in [0.25, 0.3) is 10.0 Å². The minimum absolute atomic E-state index is 0.314. The highest BCUT2D eigenvalue weighted by Gasteiger charge is 2.35. The van der Waals surface area contributed by atoms with Gasteiger partial charge in [-0.05, 0) is 41.8 Å². The first-order valence-corrected chi connectivity index (χ1v) is 13.8. The van der Waals surface area contributed by atoms with Crippen molar-refractivity contribution in [3.05, 3.63) is 96.0 Å². The van der Waals surface area contributed by atoms with Crippen LogP contribution in [0.1, 0.15) is 0 Å². The second kappa shape index (κ2) is 8.71. The molecule has 1 aliphatic rings. The number of aromatic nitrogens is 3. The lowest BCUT2D eigenvalue weighted by atomic mass is 10.1.